The monoisotopic (exact) mass is 279 g/mol. The predicted molar refractivity (Wildman–Crippen MR) is 85.0 cm³/mol. The standard InChI is InChI=1S/C17H33N3/c1-2-15-4-3-5-16(12-15)13-19-9-6-17(14-19)20-10-7-18-8-11-20/h15-18H,2-14H2,1H3. The van der Waals surface area contributed by atoms with E-state index in [2.05, 4.69) is 22.0 Å². The molecule has 0 aromatic heterocycles. The molecule has 116 valence electrons. The summed E-state index contributed by atoms with van der Waals surface area (Å²) >= 11 is 0. The first-order chi connectivity index (χ1) is 9.85. The van der Waals surface area contributed by atoms with Crippen molar-refractivity contribution in [1.82, 2.24) is 15.1 Å². The van der Waals surface area contributed by atoms with E-state index in [1.807, 2.05) is 0 Å². The van der Waals surface area contributed by atoms with Crippen LogP contribution in [0, 0.1) is 11.8 Å². The maximum atomic E-state index is 3.47. The number of nitrogens with one attached hydrogen (secondary N) is 1. The van der Waals surface area contributed by atoms with Crippen LogP contribution in [0.25, 0.3) is 0 Å². The molecule has 3 rings (SSSR count). The highest BCUT2D eigenvalue weighted by Crippen LogP contribution is 2.32. The van der Waals surface area contributed by atoms with Crippen molar-refractivity contribution in [3.05, 3.63) is 0 Å². The molecule has 3 atom stereocenters. The van der Waals surface area contributed by atoms with Gasteiger partial charge in [0.1, 0.15) is 0 Å². The average molecular weight is 279 g/mol. The Kier molecular flexibility index (Phi) is 5.36. The highest BCUT2D eigenvalue weighted by Gasteiger charge is 2.30. The van der Waals surface area contributed by atoms with E-state index in [0.717, 1.165) is 17.9 Å². The molecule has 3 nitrogen and oxygen atoms in total. The molecule has 3 aliphatic rings. The Morgan fingerprint density at radius 1 is 1.00 bits per heavy atom. The van der Waals surface area contributed by atoms with Crippen LogP contribution in [0.5, 0.6) is 0 Å². The largest absolute Gasteiger partial charge is 0.314 e. The molecule has 3 heteroatoms. The SMILES string of the molecule is CCC1CCCC(CN2CCC(N3CCNCC3)C2)C1. The highest BCUT2D eigenvalue weighted by atomic mass is 15.3. The van der Waals surface area contributed by atoms with E-state index in [9.17, 15) is 0 Å². The van der Waals surface area contributed by atoms with Gasteiger partial charge >= 0.3 is 0 Å². The van der Waals surface area contributed by atoms with Gasteiger partial charge in [-0.05, 0) is 37.6 Å². The summed E-state index contributed by atoms with van der Waals surface area (Å²) in [6, 6.07) is 0.850. The number of piperazine rings is 1. The minimum atomic E-state index is 0.850. The van der Waals surface area contributed by atoms with Gasteiger partial charge in [0, 0.05) is 45.3 Å². The summed E-state index contributed by atoms with van der Waals surface area (Å²) < 4.78 is 0. The van der Waals surface area contributed by atoms with Crippen LogP contribution in [0.2, 0.25) is 0 Å². The fraction of sp³-hybridized carbons (Fsp3) is 1.00. The zero-order valence-corrected chi connectivity index (χ0v) is 13.3. The van der Waals surface area contributed by atoms with Crippen molar-refractivity contribution in [3.63, 3.8) is 0 Å². The zero-order chi connectivity index (χ0) is 13.8. The minimum absolute atomic E-state index is 0.850. The van der Waals surface area contributed by atoms with Crippen LogP contribution in [0.15, 0.2) is 0 Å². The molecule has 1 aliphatic carbocycles. The molecule has 1 saturated carbocycles. The van der Waals surface area contributed by atoms with Gasteiger partial charge in [0.15, 0.2) is 0 Å². The molecular formula is C17H33N3. The van der Waals surface area contributed by atoms with Crippen LogP contribution in [-0.4, -0.2) is 61.7 Å². The first kappa shape index (κ1) is 14.8. The summed E-state index contributed by atoms with van der Waals surface area (Å²) in [6.07, 6.45) is 8.79. The van der Waals surface area contributed by atoms with Crippen LogP contribution in [0.1, 0.15) is 45.4 Å². The van der Waals surface area contributed by atoms with Crippen molar-refractivity contribution < 1.29 is 0 Å². The summed E-state index contributed by atoms with van der Waals surface area (Å²) in [4.78, 5) is 5.50. The quantitative estimate of drug-likeness (QED) is 0.851. The zero-order valence-electron chi connectivity index (χ0n) is 13.3. The van der Waals surface area contributed by atoms with Gasteiger partial charge in [0.25, 0.3) is 0 Å². The molecule has 1 N–H and O–H groups in total. The van der Waals surface area contributed by atoms with Crippen LogP contribution in [0.3, 0.4) is 0 Å². The van der Waals surface area contributed by atoms with Crippen LogP contribution >= 0.6 is 0 Å². The van der Waals surface area contributed by atoms with Crippen molar-refractivity contribution in [1.29, 1.82) is 0 Å². The molecule has 0 bridgehead atoms. The third-order valence-corrected chi connectivity index (χ3v) is 5.90. The van der Waals surface area contributed by atoms with E-state index in [-0.39, 0.29) is 0 Å². The summed E-state index contributed by atoms with van der Waals surface area (Å²) in [5.74, 6) is 2.02. The Morgan fingerprint density at radius 3 is 2.60 bits per heavy atom. The van der Waals surface area contributed by atoms with Gasteiger partial charge < -0.3 is 10.2 Å². The first-order valence-electron chi connectivity index (χ1n) is 9.02. The van der Waals surface area contributed by atoms with Crippen molar-refractivity contribution in [2.45, 2.75) is 51.5 Å². The van der Waals surface area contributed by atoms with Gasteiger partial charge in [0.05, 0.1) is 0 Å². The lowest BCUT2D eigenvalue weighted by Gasteiger charge is -2.34. The molecule has 0 aromatic carbocycles. The van der Waals surface area contributed by atoms with Crippen molar-refractivity contribution >= 4 is 0 Å². The van der Waals surface area contributed by atoms with Crippen LogP contribution in [0.4, 0.5) is 0 Å². The Balaban J connectivity index is 1.43. The third kappa shape index (κ3) is 3.75. The molecule has 0 spiro atoms. The molecule has 0 amide bonds. The summed E-state index contributed by atoms with van der Waals surface area (Å²) in [6.45, 7) is 11.4. The van der Waals surface area contributed by atoms with Gasteiger partial charge in [-0.25, -0.2) is 0 Å². The minimum Gasteiger partial charge on any atom is -0.314 e. The lowest BCUT2D eigenvalue weighted by Crippen LogP contribution is -2.49. The number of rotatable bonds is 4. The lowest BCUT2D eigenvalue weighted by molar-refractivity contribution is 0.155. The summed E-state index contributed by atoms with van der Waals surface area (Å²) in [5.41, 5.74) is 0. The van der Waals surface area contributed by atoms with Crippen molar-refractivity contribution in [3.8, 4) is 0 Å². The maximum absolute atomic E-state index is 3.47. The third-order valence-electron chi connectivity index (χ3n) is 5.90. The van der Waals surface area contributed by atoms with Crippen molar-refractivity contribution in [2.75, 3.05) is 45.8 Å². The van der Waals surface area contributed by atoms with Crippen LogP contribution < -0.4 is 5.32 Å². The molecule has 3 unspecified atom stereocenters. The average Bonchev–Trinajstić information content (AvgIpc) is 2.97. The smallest absolute Gasteiger partial charge is 0.0236 e. The fourth-order valence-electron chi connectivity index (χ4n) is 4.63. The Hall–Kier alpha value is -0.120. The first-order valence-corrected chi connectivity index (χ1v) is 9.02. The number of likely N-dealkylation sites (tertiary alicyclic amines) is 1. The Morgan fingerprint density at radius 2 is 1.80 bits per heavy atom. The van der Waals surface area contributed by atoms with E-state index in [4.69, 9.17) is 0 Å². The van der Waals surface area contributed by atoms with Gasteiger partial charge in [0.2, 0.25) is 0 Å². The molecule has 3 fully saturated rings. The molecule has 2 saturated heterocycles. The van der Waals surface area contributed by atoms with Gasteiger partial charge in [-0.3, -0.25) is 4.90 Å². The molecule has 2 aliphatic heterocycles. The summed E-state index contributed by atoms with van der Waals surface area (Å²) in [5, 5.41) is 3.47. The predicted octanol–water partition coefficient (Wildman–Crippen LogP) is 2.18. The topological polar surface area (TPSA) is 18.5 Å². The molecule has 2 heterocycles. The van der Waals surface area contributed by atoms with E-state index in [0.29, 0.717) is 0 Å². The number of hydrogen-bond acceptors (Lipinski definition) is 3. The van der Waals surface area contributed by atoms with E-state index in [1.165, 1.54) is 84.3 Å². The molecule has 20 heavy (non-hydrogen) atoms. The number of nitrogens with zero attached hydrogens (tertiary/aromatic N) is 2. The van der Waals surface area contributed by atoms with Gasteiger partial charge in [-0.1, -0.05) is 26.2 Å². The molecule has 0 aromatic rings. The van der Waals surface area contributed by atoms with Crippen molar-refractivity contribution in [2.24, 2.45) is 11.8 Å². The maximum Gasteiger partial charge on any atom is 0.0236 e. The van der Waals surface area contributed by atoms with Gasteiger partial charge in [-0.15, -0.1) is 0 Å². The highest BCUT2D eigenvalue weighted by molar-refractivity contribution is 4.87. The second kappa shape index (κ2) is 7.24. The number of hydrogen-bond donors (Lipinski definition) is 1. The molecule has 0 radical (unpaired) electrons. The normalized spacial score (nSPS) is 37.4. The summed E-state index contributed by atoms with van der Waals surface area (Å²) in [7, 11) is 0. The van der Waals surface area contributed by atoms with E-state index >= 15 is 0 Å². The van der Waals surface area contributed by atoms with E-state index < -0.39 is 0 Å². The molecular weight excluding hydrogens is 246 g/mol. The fourth-order valence-corrected chi connectivity index (χ4v) is 4.63. The Bertz CT molecular complexity index is 288. The van der Waals surface area contributed by atoms with Crippen LogP contribution in [-0.2, 0) is 0 Å². The lowest BCUT2D eigenvalue weighted by atomic mass is 9.80. The Labute approximate surface area is 125 Å². The van der Waals surface area contributed by atoms with E-state index in [1.54, 1.807) is 0 Å². The van der Waals surface area contributed by atoms with Gasteiger partial charge in [-0.2, -0.15) is 0 Å². The second-order valence-electron chi connectivity index (χ2n) is 7.29. The second-order valence-corrected chi connectivity index (χ2v) is 7.29.